The van der Waals surface area contributed by atoms with E-state index in [1.54, 1.807) is 18.2 Å². The van der Waals surface area contributed by atoms with Crippen LogP contribution in [0.4, 0.5) is 11.4 Å². The summed E-state index contributed by atoms with van der Waals surface area (Å²) in [6, 6.07) is 12.3. The van der Waals surface area contributed by atoms with E-state index in [2.05, 4.69) is 10.6 Å². The summed E-state index contributed by atoms with van der Waals surface area (Å²) in [7, 11) is 0. The summed E-state index contributed by atoms with van der Waals surface area (Å²) in [6.45, 7) is 3.78. The minimum Gasteiger partial charge on any atom is -0.326 e. The van der Waals surface area contributed by atoms with Gasteiger partial charge in [-0.25, -0.2) is 0 Å². The molecule has 0 aromatic heterocycles. The maximum absolute atomic E-state index is 12.3. The van der Waals surface area contributed by atoms with Crippen LogP contribution in [0.2, 0.25) is 10.0 Å². The monoisotopic (exact) mass is 410 g/mol. The zero-order valence-electron chi connectivity index (χ0n) is 14.5. The molecule has 0 heterocycles. The first kappa shape index (κ1) is 20.6. The number of carbonyl (C=O) groups excluding carboxylic acids is 2. The van der Waals surface area contributed by atoms with E-state index >= 15 is 0 Å². The van der Waals surface area contributed by atoms with Crippen molar-refractivity contribution in [1.82, 2.24) is 0 Å². The van der Waals surface area contributed by atoms with Gasteiger partial charge in [-0.3, -0.25) is 9.59 Å². The summed E-state index contributed by atoms with van der Waals surface area (Å²) in [5.74, 6) is -0.144. The van der Waals surface area contributed by atoms with Crippen molar-refractivity contribution in [1.29, 1.82) is 0 Å². The highest BCUT2D eigenvalue weighted by Gasteiger charge is 2.15. The molecule has 7 heteroatoms. The molecule has 2 amide bonds. The van der Waals surface area contributed by atoms with Crippen molar-refractivity contribution in [3.05, 3.63) is 52.5 Å². The number of anilines is 2. The van der Waals surface area contributed by atoms with E-state index < -0.39 is 0 Å². The largest absolute Gasteiger partial charge is 0.326 e. The first-order valence-corrected chi connectivity index (χ1v) is 9.84. The highest BCUT2D eigenvalue weighted by Crippen LogP contribution is 2.27. The van der Waals surface area contributed by atoms with E-state index in [1.165, 1.54) is 11.8 Å². The fraction of sp³-hybridized carbons (Fsp3) is 0.263. The Bertz CT molecular complexity index is 761. The maximum Gasteiger partial charge on any atom is 0.237 e. The Kier molecular flexibility index (Phi) is 7.82. The van der Waals surface area contributed by atoms with Gasteiger partial charge < -0.3 is 10.6 Å². The van der Waals surface area contributed by atoms with Crippen LogP contribution in [0.15, 0.2) is 47.4 Å². The second kappa shape index (κ2) is 9.86. The van der Waals surface area contributed by atoms with Crippen LogP contribution >= 0.6 is 35.0 Å². The van der Waals surface area contributed by atoms with Crippen molar-refractivity contribution < 1.29 is 9.59 Å². The fourth-order valence-electron chi connectivity index (χ4n) is 2.19. The molecule has 0 aliphatic carbocycles. The quantitative estimate of drug-likeness (QED) is 0.562. The zero-order chi connectivity index (χ0) is 19.1. The molecular formula is C19H20Cl2N2O2S. The Morgan fingerprint density at radius 2 is 1.62 bits per heavy atom. The molecule has 2 rings (SSSR count). The molecule has 1 atom stereocenters. The number of nitrogens with one attached hydrogen (secondary N) is 2. The van der Waals surface area contributed by atoms with Crippen LogP contribution in [0.5, 0.6) is 0 Å². The van der Waals surface area contributed by atoms with Crippen LogP contribution < -0.4 is 10.6 Å². The summed E-state index contributed by atoms with van der Waals surface area (Å²) in [5.41, 5.74) is 1.31. The molecule has 138 valence electrons. The van der Waals surface area contributed by atoms with Crippen molar-refractivity contribution in [3.8, 4) is 0 Å². The number of thioether (sulfide) groups is 1. The molecule has 0 fully saturated rings. The number of hydrogen-bond acceptors (Lipinski definition) is 3. The number of hydrogen-bond donors (Lipinski definition) is 2. The Hall–Kier alpha value is -1.69. The van der Waals surface area contributed by atoms with E-state index in [1.807, 2.05) is 38.1 Å². The van der Waals surface area contributed by atoms with Crippen LogP contribution in [-0.4, -0.2) is 17.1 Å². The van der Waals surface area contributed by atoms with Crippen LogP contribution in [0.25, 0.3) is 0 Å². The van der Waals surface area contributed by atoms with Gasteiger partial charge in [0.05, 0.1) is 5.25 Å². The average molecular weight is 411 g/mol. The summed E-state index contributed by atoms with van der Waals surface area (Å²) >= 11 is 13.3. The molecule has 0 aliphatic rings. The highest BCUT2D eigenvalue weighted by molar-refractivity contribution is 8.00. The third kappa shape index (κ3) is 6.56. The zero-order valence-corrected chi connectivity index (χ0v) is 16.8. The molecule has 26 heavy (non-hydrogen) atoms. The third-order valence-corrected chi connectivity index (χ3v) is 4.98. The second-order valence-corrected chi connectivity index (χ2v) is 8.02. The molecule has 4 nitrogen and oxygen atoms in total. The van der Waals surface area contributed by atoms with E-state index in [0.717, 1.165) is 17.0 Å². The van der Waals surface area contributed by atoms with E-state index in [-0.39, 0.29) is 17.1 Å². The number of amides is 2. The van der Waals surface area contributed by atoms with Crippen LogP contribution in [0, 0.1) is 0 Å². The van der Waals surface area contributed by atoms with Gasteiger partial charge in [-0.1, -0.05) is 30.1 Å². The van der Waals surface area contributed by atoms with Crippen molar-refractivity contribution in [2.45, 2.75) is 36.8 Å². The smallest absolute Gasteiger partial charge is 0.237 e. The molecule has 2 aromatic carbocycles. The van der Waals surface area contributed by atoms with Gasteiger partial charge in [0.25, 0.3) is 0 Å². The number of carbonyl (C=O) groups is 2. The minimum absolute atomic E-state index is 0.000770. The SMILES string of the molecule is CCCC(=O)Nc1ccc(SC(C)C(=O)Nc2cc(Cl)cc(Cl)c2)cc1. The van der Waals surface area contributed by atoms with Gasteiger partial charge in [0.1, 0.15) is 0 Å². The predicted octanol–water partition coefficient (Wildman–Crippen LogP) is 5.85. The van der Waals surface area contributed by atoms with Crippen molar-refractivity contribution in [2.24, 2.45) is 0 Å². The highest BCUT2D eigenvalue weighted by atomic mass is 35.5. The second-order valence-electron chi connectivity index (χ2n) is 5.73. The number of benzene rings is 2. The lowest BCUT2D eigenvalue weighted by atomic mass is 10.3. The lowest BCUT2D eigenvalue weighted by Crippen LogP contribution is -2.22. The molecular weight excluding hydrogens is 391 g/mol. The summed E-state index contributed by atoms with van der Waals surface area (Å²) in [5, 5.41) is 6.27. The maximum atomic E-state index is 12.3. The predicted molar refractivity (Wildman–Crippen MR) is 110 cm³/mol. The van der Waals surface area contributed by atoms with Crippen molar-refractivity contribution in [3.63, 3.8) is 0 Å². The molecule has 0 saturated carbocycles. The fourth-order valence-corrected chi connectivity index (χ4v) is 3.59. The molecule has 2 N–H and O–H groups in total. The van der Waals surface area contributed by atoms with Crippen LogP contribution in [-0.2, 0) is 9.59 Å². The van der Waals surface area contributed by atoms with Crippen LogP contribution in [0.3, 0.4) is 0 Å². The molecule has 0 radical (unpaired) electrons. The Labute approximate surface area is 167 Å². The first-order valence-electron chi connectivity index (χ1n) is 8.21. The Balaban J connectivity index is 1.92. The average Bonchev–Trinajstić information content (AvgIpc) is 2.55. The Morgan fingerprint density at radius 1 is 1.00 bits per heavy atom. The van der Waals surface area contributed by atoms with Gasteiger partial charge in [-0.05, 0) is 55.8 Å². The molecule has 0 aliphatic heterocycles. The van der Waals surface area contributed by atoms with Crippen LogP contribution in [0.1, 0.15) is 26.7 Å². The summed E-state index contributed by atoms with van der Waals surface area (Å²) in [6.07, 6.45) is 1.31. The van der Waals surface area contributed by atoms with E-state index in [4.69, 9.17) is 23.2 Å². The molecule has 0 spiro atoms. The minimum atomic E-state index is -0.312. The summed E-state index contributed by atoms with van der Waals surface area (Å²) in [4.78, 5) is 24.9. The normalized spacial score (nSPS) is 11.7. The van der Waals surface area contributed by atoms with E-state index in [9.17, 15) is 9.59 Å². The van der Waals surface area contributed by atoms with Gasteiger partial charge in [0.2, 0.25) is 11.8 Å². The van der Waals surface area contributed by atoms with Crippen molar-refractivity contribution >= 4 is 58.2 Å². The van der Waals surface area contributed by atoms with Gasteiger partial charge >= 0.3 is 0 Å². The standard InChI is InChI=1S/C19H20Cl2N2O2S/c1-3-4-18(24)22-15-5-7-17(8-6-15)26-12(2)19(25)23-16-10-13(20)9-14(21)11-16/h5-12H,3-4H2,1-2H3,(H,22,24)(H,23,25). The molecule has 0 bridgehead atoms. The molecule has 1 unspecified atom stereocenters. The number of rotatable bonds is 7. The molecule has 0 saturated heterocycles. The van der Waals surface area contributed by atoms with Gasteiger partial charge in [0, 0.05) is 32.7 Å². The van der Waals surface area contributed by atoms with Gasteiger partial charge in [-0.15, -0.1) is 11.8 Å². The van der Waals surface area contributed by atoms with Crippen molar-refractivity contribution in [2.75, 3.05) is 10.6 Å². The Morgan fingerprint density at radius 3 is 2.19 bits per heavy atom. The third-order valence-electron chi connectivity index (χ3n) is 3.43. The molecule has 2 aromatic rings. The lowest BCUT2D eigenvalue weighted by molar-refractivity contribution is -0.116. The van der Waals surface area contributed by atoms with Gasteiger partial charge in [0.15, 0.2) is 0 Å². The number of halogens is 2. The topological polar surface area (TPSA) is 58.2 Å². The van der Waals surface area contributed by atoms with E-state index in [0.29, 0.717) is 22.2 Å². The first-order chi connectivity index (χ1) is 12.4. The summed E-state index contributed by atoms with van der Waals surface area (Å²) < 4.78 is 0. The lowest BCUT2D eigenvalue weighted by Gasteiger charge is -2.13. The van der Waals surface area contributed by atoms with Gasteiger partial charge in [-0.2, -0.15) is 0 Å².